The van der Waals surface area contributed by atoms with Gasteiger partial charge in [0, 0.05) is 22.9 Å². The Balaban J connectivity index is 1.32. The lowest BCUT2D eigenvalue weighted by Gasteiger charge is -2.16. The van der Waals surface area contributed by atoms with Crippen molar-refractivity contribution in [3.63, 3.8) is 0 Å². The van der Waals surface area contributed by atoms with Crippen molar-refractivity contribution in [3.8, 4) is 11.5 Å². The van der Waals surface area contributed by atoms with Crippen LogP contribution in [0.25, 0.3) is 0 Å². The first-order valence-electron chi connectivity index (χ1n) is 8.97. The predicted molar refractivity (Wildman–Crippen MR) is 121 cm³/mol. The van der Waals surface area contributed by atoms with E-state index in [0.29, 0.717) is 43.8 Å². The number of halogens is 2. The summed E-state index contributed by atoms with van der Waals surface area (Å²) in [5.74, 6) is 0.645. The number of carbonyl (C=O) groups is 2. The van der Waals surface area contributed by atoms with Crippen molar-refractivity contribution in [2.24, 2.45) is 0 Å². The van der Waals surface area contributed by atoms with E-state index < -0.39 is 0 Å². The van der Waals surface area contributed by atoms with Crippen LogP contribution in [0.5, 0.6) is 11.5 Å². The Hall–Kier alpha value is -2.53. The number of nitrogens with one attached hydrogen (secondary N) is 2. The van der Waals surface area contributed by atoms with Gasteiger partial charge in [-0.25, -0.2) is 9.78 Å². The van der Waals surface area contributed by atoms with Gasteiger partial charge >= 0.3 is 6.03 Å². The molecule has 0 fully saturated rings. The quantitative estimate of drug-likeness (QED) is 0.507. The molecule has 0 saturated heterocycles. The van der Waals surface area contributed by atoms with Gasteiger partial charge in [-0.3, -0.25) is 10.1 Å². The second-order valence-electron chi connectivity index (χ2n) is 6.51. The summed E-state index contributed by atoms with van der Waals surface area (Å²) in [5.41, 5.74) is 1.03. The van der Waals surface area contributed by atoms with Crippen LogP contribution in [0.15, 0.2) is 29.6 Å². The minimum Gasteiger partial charge on any atom is -0.454 e. The molecule has 31 heavy (non-hydrogen) atoms. The third-order valence-corrected chi connectivity index (χ3v) is 6.56. The largest absolute Gasteiger partial charge is 0.454 e. The number of nitrogens with zero attached hydrogens (tertiary/aromatic N) is 2. The standard InChI is InChI=1S/C19H16Cl2N4O4S2/c1-25(17(26)10-4-13(20)16-14(5-10)28-9-29-16)7-11-8-30-19(23-11)24-18(27)22-6-12-2-3-15(21)31-12/h2-5,8H,6-7,9H2,1H3,(H2,22,23,24,27). The molecule has 3 heterocycles. The number of thiophene rings is 1. The highest BCUT2D eigenvalue weighted by molar-refractivity contribution is 7.16. The van der Waals surface area contributed by atoms with E-state index in [1.54, 1.807) is 30.6 Å². The Bertz CT molecular complexity index is 1130. The topological polar surface area (TPSA) is 92.8 Å². The van der Waals surface area contributed by atoms with Crippen molar-refractivity contribution in [1.82, 2.24) is 15.2 Å². The zero-order valence-electron chi connectivity index (χ0n) is 16.1. The van der Waals surface area contributed by atoms with Crippen LogP contribution >= 0.6 is 45.9 Å². The zero-order chi connectivity index (χ0) is 22.0. The van der Waals surface area contributed by atoms with Gasteiger partial charge in [-0.1, -0.05) is 23.2 Å². The van der Waals surface area contributed by atoms with Gasteiger partial charge < -0.3 is 19.7 Å². The van der Waals surface area contributed by atoms with E-state index in [4.69, 9.17) is 32.7 Å². The molecule has 2 N–H and O–H groups in total. The Morgan fingerprint density at radius 1 is 1.26 bits per heavy atom. The predicted octanol–water partition coefficient (Wildman–Crippen LogP) is 4.83. The molecule has 0 atom stereocenters. The molecule has 8 nitrogen and oxygen atoms in total. The van der Waals surface area contributed by atoms with Crippen molar-refractivity contribution >= 4 is 62.9 Å². The summed E-state index contributed by atoms with van der Waals surface area (Å²) in [6.07, 6.45) is 0. The molecular formula is C19H16Cl2N4O4S2. The van der Waals surface area contributed by atoms with E-state index in [0.717, 1.165) is 4.88 Å². The van der Waals surface area contributed by atoms with Gasteiger partial charge in [0.25, 0.3) is 5.91 Å². The molecular weight excluding hydrogens is 483 g/mol. The van der Waals surface area contributed by atoms with Crippen LogP contribution in [0.3, 0.4) is 0 Å². The lowest BCUT2D eigenvalue weighted by molar-refractivity contribution is 0.0783. The van der Waals surface area contributed by atoms with Gasteiger partial charge in [0.1, 0.15) is 0 Å². The normalized spacial score (nSPS) is 12.0. The van der Waals surface area contributed by atoms with E-state index >= 15 is 0 Å². The lowest BCUT2D eigenvalue weighted by Crippen LogP contribution is -2.28. The fourth-order valence-corrected chi connectivity index (χ4v) is 4.81. The average molecular weight is 499 g/mol. The van der Waals surface area contributed by atoms with Crippen LogP contribution in [0.2, 0.25) is 9.36 Å². The molecule has 1 aliphatic rings. The summed E-state index contributed by atoms with van der Waals surface area (Å²) in [5, 5.41) is 7.97. The Kier molecular flexibility index (Phi) is 6.51. The van der Waals surface area contributed by atoms with Crippen LogP contribution in [0.4, 0.5) is 9.93 Å². The van der Waals surface area contributed by atoms with Crippen LogP contribution in [0.1, 0.15) is 20.9 Å². The summed E-state index contributed by atoms with van der Waals surface area (Å²) < 4.78 is 11.3. The SMILES string of the molecule is CN(Cc1csc(NC(=O)NCc2ccc(Cl)s2)n1)C(=O)c1cc(Cl)c2c(c1)OCO2. The highest BCUT2D eigenvalue weighted by Crippen LogP contribution is 2.40. The van der Waals surface area contributed by atoms with E-state index in [-0.39, 0.29) is 25.3 Å². The molecule has 1 aromatic carbocycles. The van der Waals surface area contributed by atoms with E-state index in [2.05, 4.69) is 15.6 Å². The highest BCUT2D eigenvalue weighted by Gasteiger charge is 2.22. The van der Waals surface area contributed by atoms with E-state index in [1.165, 1.54) is 27.6 Å². The maximum absolute atomic E-state index is 12.8. The molecule has 0 unspecified atom stereocenters. The molecule has 12 heteroatoms. The Morgan fingerprint density at radius 3 is 2.87 bits per heavy atom. The summed E-state index contributed by atoms with van der Waals surface area (Å²) in [7, 11) is 1.66. The number of benzene rings is 1. The number of hydrogen-bond donors (Lipinski definition) is 2. The van der Waals surface area contributed by atoms with Gasteiger partial charge in [-0.15, -0.1) is 22.7 Å². The number of amides is 3. The number of ether oxygens (including phenoxy) is 2. The zero-order valence-corrected chi connectivity index (χ0v) is 19.3. The lowest BCUT2D eigenvalue weighted by atomic mass is 10.1. The number of rotatable bonds is 6. The fraction of sp³-hybridized carbons (Fsp3) is 0.211. The summed E-state index contributed by atoms with van der Waals surface area (Å²) in [4.78, 5) is 31.6. The Morgan fingerprint density at radius 2 is 2.10 bits per heavy atom. The number of urea groups is 1. The van der Waals surface area contributed by atoms with Gasteiger partial charge in [0.2, 0.25) is 6.79 Å². The van der Waals surface area contributed by atoms with Crippen molar-refractivity contribution in [2.45, 2.75) is 13.1 Å². The smallest absolute Gasteiger partial charge is 0.321 e. The molecule has 4 rings (SSSR count). The van der Waals surface area contributed by atoms with Crippen LogP contribution < -0.4 is 20.1 Å². The molecule has 1 aliphatic heterocycles. The number of thiazole rings is 1. The van der Waals surface area contributed by atoms with Crippen molar-refractivity contribution in [3.05, 3.63) is 55.1 Å². The first-order chi connectivity index (χ1) is 14.9. The third-order valence-electron chi connectivity index (χ3n) is 4.24. The number of anilines is 1. The number of carbonyl (C=O) groups excluding carboxylic acids is 2. The van der Waals surface area contributed by atoms with Crippen LogP contribution in [-0.2, 0) is 13.1 Å². The minimum absolute atomic E-state index is 0.0752. The number of fused-ring (bicyclic) bond motifs is 1. The second kappa shape index (κ2) is 9.31. The molecule has 2 aromatic heterocycles. The number of aromatic nitrogens is 1. The second-order valence-corrected chi connectivity index (χ2v) is 9.58. The van der Waals surface area contributed by atoms with Crippen LogP contribution in [-0.4, -0.2) is 35.7 Å². The maximum Gasteiger partial charge on any atom is 0.321 e. The van der Waals surface area contributed by atoms with Gasteiger partial charge in [-0.2, -0.15) is 0 Å². The maximum atomic E-state index is 12.8. The van der Waals surface area contributed by atoms with Crippen LogP contribution in [0, 0.1) is 0 Å². The van der Waals surface area contributed by atoms with Crippen molar-refractivity contribution in [2.75, 3.05) is 19.2 Å². The Labute approximate surface area is 195 Å². The molecule has 3 amide bonds. The molecule has 0 aliphatic carbocycles. The fourth-order valence-electron chi connectivity index (χ4n) is 2.82. The summed E-state index contributed by atoms with van der Waals surface area (Å²) in [6.45, 7) is 0.709. The van der Waals surface area contributed by atoms with Gasteiger partial charge in [0.15, 0.2) is 16.6 Å². The van der Waals surface area contributed by atoms with E-state index in [1.807, 2.05) is 6.07 Å². The van der Waals surface area contributed by atoms with Crippen molar-refractivity contribution < 1.29 is 19.1 Å². The average Bonchev–Trinajstić information content (AvgIpc) is 3.47. The minimum atomic E-state index is -0.371. The number of hydrogen-bond acceptors (Lipinski definition) is 7. The van der Waals surface area contributed by atoms with Crippen molar-refractivity contribution in [1.29, 1.82) is 0 Å². The molecule has 162 valence electrons. The summed E-state index contributed by atoms with van der Waals surface area (Å²) >= 11 is 14.7. The third kappa shape index (κ3) is 5.21. The molecule has 0 radical (unpaired) electrons. The van der Waals surface area contributed by atoms with E-state index in [9.17, 15) is 9.59 Å². The molecule has 0 spiro atoms. The molecule has 0 saturated carbocycles. The van der Waals surface area contributed by atoms with Gasteiger partial charge in [-0.05, 0) is 24.3 Å². The highest BCUT2D eigenvalue weighted by atomic mass is 35.5. The van der Waals surface area contributed by atoms with Gasteiger partial charge in [0.05, 0.1) is 28.1 Å². The first kappa shape index (κ1) is 21.7. The molecule has 0 bridgehead atoms. The first-order valence-corrected chi connectivity index (χ1v) is 11.4. The summed E-state index contributed by atoms with van der Waals surface area (Å²) in [6, 6.07) is 6.42. The monoisotopic (exact) mass is 498 g/mol. The molecule has 3 aromatic rings.